The number of rotatable bonds is 4. The molecule has 2 aromatic rings. The number of ether oxygens (including phenoxy) is 1. The fraction of sp³-hybridized carbons (Fsp3) is 0.263. The topological polar surface area (TPSA) is 81.4 Å². The average Bonchev–Trinajstić information content (AvgIpc) is 2.59. The number of aldehydes is 1. The molecule has 0 fully saturated rings. The van der Waals surface area contributed by atoms with Crippen LogP contribution in [-0.4, -0.2) is 24.6 Å². The van der Waals surface area contributed by atoms with Crippen LogP contribution >= 0.6 is 0 Å². The van der Waals surface area contributed by atoms with Gasteiger partial charge in [0.2, 0.25) is 0 Å². The zero-order valence-electron chi connectivity index (χ0n) is 14.2. The summed E-state index contributed by atoms with van der Waals surface area (Å²) in [4.78, 5) is 24.2. The zero-order chi connectivity index (χ0) is 19.6. The molecule has 1 aliphatic rings. The number of anilines is 1. The Labute approximate surface area is 153 Å². The van der Waals surface area contributed by atoms with Crippen LogP contribution in [0, 0.1) is 0 Å². The minimum absolute atomic E-state index is 0.0213. The maximum atomic E-state index is 12.6. The Kier molecular flexibility index (Phi) is 5.18. The highest BCUT2D eigenvalue weighted by atomic mass is 19.4. The van der Waals surface area contributed by atoms with Gasteiger partial charge in [-0.25, -0.2) is 0 Å². The van der Waals surface area contributed by atoms with E-state index < -0.39 is 18.0 Å². The van der Waals surface area contributed by atoms with E-state index in [1.807, 2.05) is 0 Å². The lowest BCUT2D eigenvalue weighted by Gasteiger charge is -2.23. The van der Waals surface area contributed by atoms with Crippen molar-refractivity contribution in [2.24, 2.45) is 5.73 Å². The second-order valence-electron chi connectivity index (χ2n) is 6.31. The number of halogens is 3. The molecule has 0 spiro atoms. The molecular formula is C19H17F3N2O3. The molecule has 1 atom stereocenters. The molecule has 0 heterocycles. The first-order valence-electron chi connectivity index (χ1n) is 8.29. The molecule has 1 aliphatic carbocycles. The van der Waals surface area contributed by atoms with E-state index in [1.165, 1.54) is 18.2 Å². The van der Waals surface area contributed by atoms with Gasteiger partial charge in [0.25, 0.3) is 5.91 Å². The number of nitrogens with two attached hydrogens (primary N) is 1. The third-order valence-corrected chi connectivity index (χ3v) is 4.39. The van der Waals surface area contributed by atoms with Crippen molar-refractivity contribution in [3.63, 3.8) is 0 Å². The Balaban J connectivity index is 1.85. The van der Waals surface area contributed by atoms with Crippen molar-refractivity contribution in [3.8, 4) is 5.75 Å². The first kappa shape index (κ1) is 18.9. The summed E-state index contributed by atoms with van der Waals surface area (Å²) in [5.74, 6) is -1.03. The van der Waals surface area contributed by atoms with Crippen LogP contribution in [0.2, 0.25) is 0 Å². The molecule has 0 saturated carbocycles. The lowest BCUT2D eigenvalue weighted by molar-refractivity contribution is -0.274. The average molecular weight is 378 g/mol. The molecule has 3 rings (SSSR count). The molecular weight excluding hydrogens is 361 g/mol. The maximum Gasteiger partial charge on any atom is 0.573 e. The van der Waals surface area contributed by atoms with E-state index in [9.17, 15) is 22.8 Å². The van der Waals surface area contributed by atoms with E-state index >= 15 is 0 Å². The van der Waals surface area contributed by atoms with Crippen molar-refractivity contribution in [2.75, 3.05) is 5.32 Å². The molecule has 1 amide bonds. The monoisotopic (exact) mass is 378 g/mol. The van der Waals surface area contributed by atoms with Gasteiger partial charge in [-0.05, 0) is 48.6 Å². The van der Waals surface area contributed by atoms with E-state index in [2.05, 4.69) is 10.1 Å². The first-order valence-corrected chi connectivity index (χ1v) is 8.29. The smallest absolute Gasteiger partial charge is 0.406 e. The number of carbonyl (C=O) groups is 2. The van der Waals surface area contributed by atoms with Crippen molar-refractivity contribution in [2.45, 2.75) is 31.7 Å². The summed E-state index contributed by atoms with van der Waals surface area (Å²) in [6, 6.07) is 8.26. The van der Waals surface area contributed by atoms with Gasteiger partial charge in [-0.3, -0.25) is 9.59 Å². The number of nitrogens with one attached hydrogen (secondary N) is 1. The number of benzene rings is 2. The van der Waals surface area contributed by atoms with E-state index in [0.29, 0.717) is 24.7 Å². The molecule has 0 aromatic heterocycles. The van der Waals surface area contributed by atoms with Gasteiger partial charge in [0.05, 0.1) is 5.56 Å². The standard InChI is InChI=1S/C19H17F3N2O3/c20-19(21,22)27-14-3-1-2-13(9-14)24-18(26)16-6-4-11-8-12(23)5-7-15(11)17(16)10-25/h1-4,6,9-10,12H,5,7-8,23H2,(H,24,26). The Morgan fingerprint density at radius 3 is 2.74 bits per heavy atom. The summed E-state index contributed by atoms with van der Waals surface area (Å²) in [6.45, 7) is 0. The second kappa shape index (κ2) is 7.40. The van der Waals surface area contributed by atoms with Crippen LogP contribution in [0.1, 0.15) is 38.3 Å². The SMILES string of the molecule is NC1CCc2c(ccc(C(=O)Nc3cccc(OC(F)(F)F)c3)c2C=O)C1. The normalized spacial score (nSPS) is 16.4. The number of hydrogen-bond acceptors (Lipinski definition) is 4. The molecule has 142 valence electrons. The van der Waals surface area contributed by atoms with Gasteiger partial charge >= 0.3 is 6.36 Å². The van der Waals surface area contributed by atoms with Gasteiger partial charge in [-0.15, -0.1) is 13.2 Å². The van der Waals surface area contributed by atoms with Gasteiger partial charge in [0, 0.05) is 23.4 Å². The summed E-state index contributed by atoms with van der Waals surface area (Å²) in [5.41, 5.74) is 8.26. The van der Waals surface area contributed by atoms with Crippen molar-refractivity contribution in [1.82, 2.24) is 0 Å². The third kappa shape index (κ3) is 4.46. The Morgan fingerprint density at radius 2 is 2.04 bits per heavy atom. The molecule has 0 bridgehead atoms. The van der Waals surface area contributed by atoms with Crippen LogP contribution in [-0.2, 0) is 12.8 Å². The predicted octanol–water partition coefficient (Wildman–Crippen LogP) is 3.47. The number of alkyl halides is 3. The Bertz CT molecular complexity index is 881. The Hall–Kier alpha value is -2.87. The lowest BCUT2D eigenvalue weighted by Crippen LogP contribution is -2.29. The molecule has 27 heavy (non-hydrogen) atoms. The lowest BCUT2D eigenvalue weighted by atomic mass is 9.84. The second-order valence-corrected chi connectivity index (χ2v) is 6.31. The third-order valence-electron chi connectivity index (χ3n) is 4.39. The number of amides is 1. The molecule has 0 saturated heterocycles. The fourth-order valence-corrected chi connectivity index (χ4v) is 3.21. The first-order chi connectivity index (χ1) is 12.8. The molecule has 8 heteroatoms. The van der Waals surface area contributed by atoms with Gasteiger partial charge in [-0.1, -0.05) is 12.1 Å². The van der Waals surface area contributed by atoms with E-state index in [4.69, 9.17) is 5.73 Å². The highest BCUT2D eigenvalue weighted by molar-refractivity contribution is 6.09. The minimum atomic E-state index is -4.83. The summed E-state index contributed by atoms with van der Waals surface area (Å²) >= 11 is 0. The van der Waals surface area contributed by atoms with E-state index in [-0.39, 0.29) is 17.3 Å². The van der Waals surface area contributed by atoms with E-state index in [1.54, 1.807) is 6.07 Å². The van der Waals surface area contributed by atoms with Gasteiger partial charge < -0.3 is 15.8 Å². The van der Waals surface area contributed by atoms with Crippen LogP contribution in [0.15, 0.2) is 36.4 Å². The molecule has 2 aromatic carbocycles. The highest BCUT2D eigenvalue weighted by Crippen LogP contribution is 2.28. The fourth-order valence-electron chi connectivity index (χ4n) is 3.21. The van der Waals surface area contributed by atoms with Crippen LogP contribution in [0.5, 0.6) is 5.75 Å². The summed E-state index contributed by atoms with van der Waals surface area (Å²) in [5, 5.41) is 2.50. The molecule has 0 aliphatic heterocycles. The molecule has 0 radical (unpaired) electrons. The largest absolute Gasteiger partial charge is 0.573 e. The van der Waals surface area contributed by atoms with Crippen molar-refractivity contribution in [3.05, 3.63) is 58.7 Å². The van der Waals surface area contributed by atoms with Gasteiger partial charge in [0.15, 0.2) is 6.29 Å². The van der Waals surface area contributed by atoms with Crippen molar-refractivity contribution < 1.29 is 27.5 Å². The summed E-state index contributed by atoms with van der Waals surface area (Å²) in [7, 11) is 0. The number of carbonyl (C=O) groups excluding carboxylic acids is 2. The molecule has 5 nitrogen and oxygen atoms in total. The molecule has 1 unspecified atom stereocenters. The maximum absolute atomic E-state index is 12.6. The highest BCUT2D eigenvalue weighted by Gasteiger charge is 2.31. The number of fused-ring (bicyclic) bond motifs is 1. The number of hydrogen-bond donors (Lipinski definition) is 2. The van der Waals surface area contributed by atoms with Crippen molar-refractivity contribution >= 4 is 17.9 Å². The van der Waals surface area contributed by atoms with Gasteiger partial charge in [-0.2, -0.15) is 0 Å². The van der Waals surface area contributed by atoms with Crippen LogP contribution in [0.3, 0.4) is 0 Å². The van der Waals surface area contributed by atoms with Gasteiger partial charge in [0.1, 0.15) is 5.75 Å². The quantitative estimate of drug-likeness (QED) is 0.799. The predicted molar refractivity (Wildman–Crippen MR) is 92.9 cm³/mol. The van der Waals surface area contributed by atoms with Crippen LogP contribution in [0.25, 0.3) is 0 Å². The van der Waals surface area contributed by atoms with Crippen LogP contribution < -0.4 is 15.8 Å². The van der Waals surface area contributed by atoms with E-state index in [0.717, 1.165) is 29.7 Å². The molecule has 3 N–H and O–H groups in total. The minimum Gasteiger partial charge on any atom is -0.406 e. The summed E-state index contributed by atoms with van der Waals surface area (Å²) < 4.78 is 40.8. The van der Waals surface area contributed by atoms with Crippen LogP contribution in [0.4, 0.5) is 18.9 Å². The summed E-state index contributed by atoms with van der Waals surface area (Å²) in [6.07, 6.45) is -2.24. The van der Waals surface area contributed by atoms with Crippen molar-refractivity contribution in [1.29, 1.82) is 0 Å². The zero-order valence-corrected chi connectivity index (χ0v) is 14.2. The Morgan fingerprint density at radius 1 is 1.26 bits per heavy atom.